The fraction of sp³-hybridized carbons (Fsp3) is 0.586. The topological polar surface area (TPSA) is 105 Å². The van der Waals surface area contributed by atoms with Crippen molar-refractivity contribution < 1.29 is 38.1 Å². The maximum Gasteiger partial charge on any atom is 0.347 e. The number of rotatable bonds is 15. The van der Waals surface area contributed by atoms with Gasteiger partial charge in [-0.25, -0.2) is 4.79 Å². The number of allylic oxidation sites excluding steroid dienone is 1. The summed E-state index contributed by atoms with van der Waals surface area (Å²) in [5, 5.41) is 0.0843. The van der Waals surface area contributed by atoms with Crippen LogP contribution < -0.4 is 4.74 Å². The molecule has 4 atom stereocenters. The van der Waals surface area contributed by atoms with Crippen LogP contribution in [0.25, 0.3) is 0 Å². The van der Waals surface area contributed by atoms with E-state index in [1.165, 1.54) is 19.1 Å². The van der Waals surface area contributed by atoms with Crippen molar-refractivity contribution in [1.29, 1.82) is 0 Å². The Morgan fingerprint density at radius 1 is 0.923 bits per heavy atom. The molecular formula is C29H40Cl2O8. The molecule has 0 N–H and O–H groups in total. The smallest absolute Gasteiger partial charge is 0.347 e. The van der Waals surface area contributed by atoms with E-state index < -0.39 is 40.9 Å². The van der Waals surface area contributed by atoms with Gasteiger partial charge in [0.1, 0.15) is 28.9 Å². The summed E-state index contributed by atoms with van der Waals surface area (Å²) < 4.78 is 21.8. The van der Waals surface area contributed by atoms with Crippen LogP contribution in [0.3, 0.4) is 0 Å². The van der Waals surface area contributed by atoms with Crippen LogP contribution >= 0.6 is 23.2 Å². The molecule has 0 saturated carbocycles. The Balaban J connectivity index is 3.03. The summed E-state index contributed by atoms with van der Waals surface area (Å²) >= 11 is 12.7. The van der Waals surface area contributed by atoms with E-state index >= 15 is 0 Å². The number of esters is 3. The molecule has 1 aromatic rings. The fourth-order valence-electron chi connectivity index (χ4n) is 3.35. The SMILES string of the molecule is C=C(CC)C(=O)c1ccc(OCC(C)(CC)C(=O)OC(C)C(C)(CC)C(=O)OC(C)C(=O)OCC)c(Cl)c1Cl. The van der Waals surface area contributed by atoms with E-state index in [0.717, 1.165) is 0 Å². The summed E-state index contributed by atoms with van der Waals surface area (Å²) in [7, 11) is 0. The van der Waals surface area contributed by atoms with Crippen molar-refractivity contribution in [3.63, 3.8) is 0 Å². The Morgan fingerprint density at radius 2 is 1.54 bits per heavy atom. The van der Waals surface area contributed by atoms with Crippen molar-refractivity contribution in [1.82, 2.24) is 0 Å². The van der Waals surface area contributed by atoms with Gasteiger partial charge in [-0.05, 0) is 71.6 Å². The van der Waals surface area contributed by atoms with Gasteiger partial charge in [-0.1, -0.05) is 50.6 Å². The molecule has 1 aromatic carbocycles. The molecule has 0 aromatic heterocycles. The molecule has 0 spiro atoms. The molecule has 218 valence electrons. The standard InChI is InChI=1S/C29H40Cl2O8/c1-10-17(5)24(32)20-14-15-21(23(31)22(20)30)37-16-28(8,11-2)26(34)39-19(7)29(9,12-3)27(35)38-18(6)25(33)36-13-4/h14-15,18-19H,5,10-13,16H2,1-4,6-9H3. The zero-order valence-electron chi connectivity index (χ0n) is 24.1. The second kappa shape index (κ2) is 14.7. The third-order valence-electron chi connectivity index (χ3n) is 7.14. The predicted molar refractivity (Wildman–Crippen MR) is 150 cm³/mol. The first kappa shape index (κ1) is 34.4. The van der Waals surface area contributed by atoms with Gasteiger partial charge in [0.25, 0.3) is 0 Å². The van der Waals surface area contributed by atoms with Crippen LogP contribution in [0.5, 0.6) is 5.75 Å². The van der Waals surface area contributed by atoms with Gasteiger partial charge < -0.3 is 18.9 Å². The number of benzene rings is 1. The first-order valence-corrected chi connectivity index (χ1v) is 13.8. The summed E-state index contributed by atoms with van der Waals surface area (Å²) in [4.78, 5) is 50.7. The Bertz CT molecular complexity index is 1090. The summed E-state index contributed by atoms with van der Waals surface area (Å²) in [5.74, 6) is -2.02. The minimum atomic E-state index is -1.21. The first-order valence-electron chi connectivity index (χ1n) is 13.0. The van der Waals surface area contributed by atoms with Gasteiger partial charge in [0.15, 0.2) is 11.9 Å². The Hall–Kier alpha value is -2.58. The lowest BCUT2D eigenvalue weighted by Gasteiger charge is -2.35. The molecule has 0 amide bonds. The average molecular weight is 588 g/mol. The molecule has 0 aliphatic rings. The van der Waals surface area contributed by atoms with E-state index in [-0.39, 0.29) is 40.4 Å². The highest BCUT2D eigenvalue weighted by atomic mass is 35.5. The number of hydrogen-bond donors (Lipinski definition) is 0. The van der Waals surface area contributed by atoms with Crippen LogP contribution in [-0.2, 0) is 28.6 Å². The molecule has 0 radical (unpaired) electrons. The number of ether oxygens (including phenoxy) is 4. The predicted octanol–water partition coefficient (Wildman–Crippen LogP) is 6.78. The molecule has 39 heavy (non-hydrogen) atoms. The van der Waals surface area contributed by atoms with Crippen molar-refractivity contribution in [2.24, 2.45) is 10.8 Å². The monoisotopic (exact) mass is 586 g/mol. The van der Waals surface area contributed by atoms with Crippen molar-refractivity contribution >= 4 is 46.9 Å². The fourth-order valence-corrected chi connectivity index (χ4v) is 3.81. The Labute approximate surface area is 241 Å². The third kappa shape index (κ3) is 8.21. The van der Waals surface area contributed by atoms with Crippen molar-refractivity contribution in [2.75, 3.05) is 13.2 Å². The number of hydrogen-bond acceptors (Lipinski definition) is 8. The molecule has 0 aliphatic heterocycles. The highest BCUT2D eigenvalue weighted by Crippen LogP contribution is 2.38. The van der Waals surface area contributed by atoms with E-state index in [0.29, 0.717) is 24.8 Å². The first-order chi connectivity index (χ1) is 18.1. The number of ketones is 1. The van der Waals surface area contributed by atoms with Gasteiger partial charge in [0.2, 0.25) is 0 Å². The number of halogens is 2. The maximum atomic E-state index is 13.3. The van der Waals surface area contributed by atoms with Crippen molar-refractivity contribution in [3.8, 4) is 5.75 Å². The van der Waals surface area contributed by atoms with Gasteiger partial charge in [0.05, 0.1) is 17.0 Å². The highest BCUT2D eigenvalue weighted by molar-refractivity contribution is 6.45. The van der Waals surface area contributed by atoms with Crippen LogP contribution in [0.4, 0.5) is 0 Å². The zero-order chi connectivity index (χ0) is 30.1. The van der Waals surface area contributed by atoms with Gasteiger partial charge in [-0.15, -0.1) is 0 Å². The highest BCUT2D eigenvalue weighted by Gasteiger charge is 2.45. The second-order valence-electron chi connectivity index (χ2n) is 9.85. The lowest BCUT2D eigenvalue weighted by Crippen LogP contribution is -2.46. The largest absolute Gasteiger partial charge is 0.491 e. The summed E-state index contributed by atoms with van der Waals surface area (Å²) in [5.41, 5.74) is -1.70. The molecule has 0 bridgehead atoms. The molecule has 1 rings (SSSR count). The van der Waals surface area contributed by atoms with Crippen LogP contribution in [0.1, 0.15) is 85.0 Å². The molecule has 0 aliphatic carbocycles. The Morgan fingerprint density at radius 3 is 2.05 bits per heavy atom. The quantitative estimate of drug-likeness (QED) is 0.0957. The van der Waals surface area contributed by atoms with E-state index in [9.17, 15) is 19.2 Å². The molecule has 0 saturated heterocycles. The lowest BCUT2D eigenvalue weighted by molar-refractivity contribution is -0.185. The van der Waals surface area contributed by atoms with E-state index in [1.54, 1.807) is 41.5 Å². The van der Waals surface area contributed by atoms with Gasteiger partial charge in [-0.2, -0.15) is 0 Å². The normalized spacial score (nSPS) is 15.6. The van der Waals surface area contributed by atoms with Crippen molar-refractivity contribution in [3.05, 3.63) is 39.9 Å². The zero-order valence-corrected chi connectivity index (χ0v) is 25.6. The molecule has 0 fully saturated rings. The minimum absolute atomic E-state index is 0.0393. The molecular weight excluding hydrogens is 547 g/mol. The van der Waals surface area contributed by atoms with Crippen LogP contribution in [0.15, 0.2) is 24.3 Å². The summed E-state index contributed by atoms with van der Waals surface area (Å²) in [6, 6.07) is 3.02. The van der Waals surface area contributed by atoms with E-state index in [4.69, 9.17) is 42.1 Å². The summed E-state index contributed by atoms with van der Waals surface area (Å²) in [6.07, 6.45) is -0.862. The second-order valence-corrected chi connectivity index (χ2v) is 10.6. The number of carbonyl (C=O) groups is 4. The molecule has 8 nitrogen and oxygen atoms in total. The number of Topliss-reactive ketones (excluding diaryl/α,β-unsaturated/α-hetero) is 1. The lowest BCUT2D eigenvalue weighted by atomic mass is 9.81. The van der Waals surface area contributed by atoms with Crippen LogP contribution in [-0.4, -0.2) is 49.1 Å². The molecule has 0 heterocycles. The maximum absolute atomic E-state index is 13.3. The summed E-state index contributed by atoms with van der Waals surface area (Å²) in [6.45, 7) is 17.1. The molecule has 10 heteroatoms. The van der Waals surface area contributed by atoms with Crippen LogP contribution in [0.2, 0.25) is 10.0 Å². The third-order valence-corrected chi connectivity index (χ3v) is 8.01. The molecule has 4 unspecified atom stereocenters. The van der Waals surface area contributed by atoms with Gasteiger partial charge >= 0.3 is 17.9 Å². The van der Waals surface area contributed by atoms with Crippen molar-refractivity contribution in [2.45, 2.75) is 86.9 Å². The average Bonchev–Trinajstić information content (AvgIpc) is 2.91. The van der Waals surface area contributed by atoms with E-state index in [2.05, 4.69) is 6.58 Å². The van der Waals surface area contributed by atoms with Crippen LogP contribution in [0, 0.1) is 10.8 Å². The number of carbonyl (C=O) groups excluding carboxylic acids is 4. The Kier molecular flexibility index (Phi) is 13.0. The van der Waals surface area contributed by atoms with E-state index in [1.807, 2.05) is 6.92 Å². The van der Waals surface area contributed by atoms with Gasteiger partial charge in [-0.3, -0.25) is 14.4 Å². The van der Waals surface area contributed by atoms with Gasteiger partial charge in [0, 0.05) is 5.56 Å². The minimum Gasteiger partial charge on any atom is -0.491 e.